The lowest BCUT2D eigenvalue weighted by Gasteiger charge is -2.18. The van der Waals surface area contributed by atoms with Crippen molar-refractivity contribution in [3.8, 4) is 0 Å². The Labute approximate surface area is 178 Å². The van der Waals surface area contributed by atoms with Gasteiger partial charge in [-0.05, 0) is 25.3 Å². The molecular formula is C26H41NO2. The maximum absolute atomic E-state index is 11.7. The van der Waals surface area contributed by atoms with Crippen LogP contribution in [0.1, 0.15) is 78.1 Å². The van der Waals surface area contributed by atoms with Crippen molar-refractivity contribution in [2.75, 3.05) is 0 Å². The molecule has 3 heteroatoms. The summed E-state index contributed by atoms with van der Waals surface area (Å²) >= 11 is 0. The molecule has 0 bridgehead atoms. The number of hydrogen-bond acceptors (Lipinski definition) is 3. The number of allylic oxidation sites excluding steroid dienone is 11. The summed E-state index contributed by atoms with van der Waals surface area (Å²) in [6.45, 7) is 4.12. The van der Waals surface area contributed by atoms with Crippen molar-refractivity contribution in [1.29, 1.82) is 0 Å². The largest absolute Gasteiger partial charge is 0.369 e. The molecule has 0 radical (unpaired) electrons. The van der Waals surface area contributed by atoms with Crippen molar-refractivity contribution in [2.45, 2.75) is 83.8 Å². The van der Waals surface area contributed by atoms with E-state index in [1.807, 2.05) is 49.5 Å². The van der Waals surface area contributed by atoms with Gasteiger partial charge in [-0.25, -0.2) is 0 Å². The molecule has 3 N–H and O–H groups in total. The molecule has 3 nitrogen and oxygen atoms in total. The van der Waals surface area contributed by atoms with Gasteiger partial charge >= 0.3 is 0 Å². The highest BCUT2D eigenvalue weighted by atomic mass is 16.3. The lowest BCUT2D eigenvalue weighted by molar-refractivity contribution is -0.132. The minimum atomic E-state index is -1.76. The molecule has 0 heterocycles. The summed E-state index contributed by atoms with van der Waals surface area (Å²) in [5.41, 5.74) is 3.79. The minimum Gasteiger partial charge on any atom is -0.369 e. The zero-order valence-electron chi connectivity index (χ0n) is 18.4. The second-order valence-corrected chi connectivity index (χ2v) is 7.28. The predicted octanol–water partition coefficient (Wildman–Crippen LogP) is 6.48. The van der Waals surface area contributed by atoms with Crippen molar-refractivity contribution < 1.29 is 9.90 Å². The van der Waals surface area contributed by atoms with Crippen LogP contribution in [0.15, 0.2) is 72.9 Å². The highest BCUT2D eigenvalue weighted by molar-refractivity contribution is 5.96. The molecule has 0 aromatic rings. The van der Waals surface area contributed by atoms with Crippen molar-refractivity contribution in [3.63, 3.8) is 0 Å². The molecule has 0 saturated heterocycles. The van der Waals surface area contributed by atoms with E-state index in [0.29, 0.717) is 6.42 Å². The maximum Gasteiger partial charge on any atom is 0.201 e. The van der Waals surface area contributed by atoms with Crippen LogP contribution in [0.25, 0.3) is 0 Å². The predicted molar refractivity (Wildman–Crippen MR) is 127 cm³/mol. The van der Waals surface area contributed by atoms with E-state index in [1.54, 1.807) is 12.2 Å². The third-order valence-corrected chi connectivity index (χ3v) is 4.42. The molecule has 0 aromatic carbocycles. The number of carbonyl (C=O) groups is 1. The second-order valence-electron chi connectivity index (χ2n) is 7.28. The number of nitrogens with two attached hydrogens (primary N) is 1. The number of ketones is 1. The van der Waals surface area contributed by atoms with E-state index in [2.05, 4.69) is 19.1 Å². The Morgan fingerprint density at radius 3 is 1.76 bits per heavy atom. The lowest BCUT2D eigenvalue weighted by Crippen LogP contribution is -2.46. The third-order valence-electron chi connectivity index (χ3n) is 4.42. The third kappa shape index (κ3) is 17.8. The molecule has 0 amide bonds. The fourth-order valence-electron chi connectivity index (χ4n) is 2.70. The summed E-state index contributed by atoms with van der Waals surface area (Å²) in [5, 5.41) is 9.75. The summed E-state index contributed by atoms with van der Waals surface area (Å²) < 4.78 is 0. The molecule has 1 atom stereocenters. The first-order valence-electron chi connectivity index (χ1n) is 11.1. The van der Waals surface area contributed by atoms with Crippen LogP contribution in [0, 0.1) is 0 Å². The van der Waals surface area contributed by atoms with Gasteiger partial charge in [-0.1, -0.05) is 126 Å². The SMILES string of the molecule is CCCCCCCCC/C=C/C=C/C=C/C=C/C=C/C=C/C(=O)C(N)(O)CCC. The molecule has 0 saturated carbocycles. The number of unbranched alkanes of at least 4 members (excludes halogenated alkanes) is 7. The summed E-state index contributed by atoms with van der Waals surface area (Å²) in [5.74, 6) is -0.474. The van der Waals surface area contributed by atoms with Crippen LogP contribution in [-0.4, -0.2) is 16.6 Å². The van der Waals surface area contributed by atoms with Crippen LogP contribution in [0.3, 0.4) is 0 Å². The van der Waals surface area contributed by atoms with Crippen LogP contribution < -0.4 is 5.73 Å². The number of rotatable bonds is 17. The maximum atomic E-state index is 11.7. The van der Waals surface area contributed by atoms with Gasteiger partial charge in [0, 0.05) is 0 Å². The fourth-order valence-corrected chi connectivity index (χ4v) is 2.70. The molecular weight excluding hydrogens is 358 g/mol. The van der Waals surface area contributed by atoms with Gasteiger partial charge in [0.15, 0.2) is 5.72 Å². The van der Waals surface area contributed by atoms with E-state index >= 15 is 0 Å². The molecule has 0 aliphatic carbocycles. The average molecular weight is 400 g/mol. The second kappa shape index (κ2) is 19.4. The molecule has 0 spiro atoms. The Morgan fingerprint density at radius 1 is 0.724 bits per heavy atom. The Kier molecular flexibility index (Phi) is 18.0. The summed E-state index contributed by atoms with van der Waals surface area (Å²) in [7, 11) is 0. The van der Waals surface area contributed by atoms with Gasteiger partial charge in [0.05, 0.1) is 0 Å². The number of aliphatic hydroxyl groups is 1. The van der Waals surface area contributed by atoms with Gasteiger partial charge in [-0.15, -0.1) is 0 Å². The Balaban J connectivity index is 3.85. The minimum absolute atomic E-state index is 0.256. The van der Waals surface area contributed by atoms with Crippen LogP contribution in [0.2, 0.25) is 0 Å². The first-order chi connectivity index (χ1) is 14.0. The van der Waals surface area contributed by atoms with E-state index < -0.39 is 11.5 Å². The van der Waals surface area contributed by atoms with Crippen molar-refractivity contribution >= 4 is 5.78 Å². The monoisotopic (exact) mass is 399 g/mol. The van der Waals surface area contributed by atoms with Crippen molar-refractivity contribution in [2.24, 2.45) is 5.73 Å². The normalized spacial score (nSPS) is 15.2. The van der Waals surface area contributed by atoms with Gasteiger partial charge in [-0.2, -0.15) is 0 Å². The zero-order valence-corrected chi connectivity index (χ0v) is 18.4. The summed E-state index contributed by atoms with van der Waals surface area (Å²) in [6.07, 6.45) is 34.0. The zero-order chi connectivity index (χ0) is 21.6. The Bertz CT molecular complexity index is 578. The van der Waals surface area contributed by atoms with E-state index in [0.717, 1.165) is 6.42 Å². The lowest BCUT2D eigenvalue weighted by atomic mass is 10.0. The Morgan fingerprint density at radius 2 is 1.21 bits per heavy atom. The first kappa shape index (κ1) is 27.0. The highest BCUT2D eigenvalue weighted by Gasteiger charge is 2.26. The van der Waals surface area contributed by atoms with Crippen LogP contribution >= 0.6 is 0 Å². The van der Waals surface area contributed by atoms with Gasteiger partial charge in [-0.3, -0.25) is 10.5 Å². The molecule has 0 aliphatic rings. The first-order valence-corrected chi connectivity index (χ1v) is 11.1. The molecule has 0 rings (SSSR count). The number of hydrogen-bond donors (Lipinski definition) is 2. The van der Waals surface area contributed by atoms with Gasteiger partial charge in [0.25, 0.3) is 0 Å². The summed E-state index contributed by atoms with van der Waals surface area (Å²) in [4.78, 5) is 11.7. The fraction of sp³-hybridized carbons (Fsp3) is 0.500. The average Bonchev–Trinajstić information content (AvgIpc) is 2.69. The summed E-state index contributed by atoms with van der Waals surface area (Å²) in [6, 6.07) is 0. The topological polar surface area (TPSA) is 63.3 Å². The molecule has 0 fully saturated rings. The van der Waals surface area contributed by atoms with Gasteiger partial charge in [0.1, 0.15) is 0 Å². The molecule has 162 valence electrons. The van der Waals surface area contributed by atoms with Gasteiger partial charge < -0.3 is 5.11 Å². The number of carbonyl (C=O) groups excluding carboxylic acids is 1. The molecule has 0 aliphatic heterocycles. The van der Waals surface area contributed by atoms with Crippen LogP contribution in [0.4, 0.5) is 0 Å². The quantitative estimate of drug-likeness (QED) is 0.127. The van der Waals surface area contributed by atoms with E-state index in [-0.39, 0.29) is 6.42 Å². The smallest absolute Gasteiger partial charge is 0.201 e. The molecule has 29 heavy (non-hydrogen) atoms. The molecule has 1 unspecified atom stereocenters. The Hall–Kier alpha value is -1.97. The van der Waals surface area contributed by atoms with E-state index in [9.17, 15) is 9.90 Å². The van der Waals surface area contributed by atoms with Crippen molar-refractivity contribution in [3.05, 3.63) is 72.9 Å². The van der Waals surface area contributed by atoms with Crippen LogP contribution in [0.5, 0.6) is 0 Å². The van der Waals surface area contributed by atoms with Gasteiger partial charge in [0.2, 0.25) is 5.78 Å². The highest BCUT2D eigenvalue weighted by Crippen LogP contribution is 2.09. The standard InChI is InChI=1S/C26H41NO2/c1-3-5-6-7-8-9-10-11-12-13-14-15-16-17-18-19-20-21-22-23-25(28)26(27,29)24-4-2/h12-23,29H,3-11,24,27H2,1-2H3/b13-12+,15-14+,17-16+,19-18+,21-20+,23-22+. The molecule has 0 aromatic heterocycles. The van der Waals surface area contributed by atoms with E-state index in [1.165, 1.54) is 51.0 Å². The van der Waals surface area contributed by atoms with Crippen molar-refractivity contribution in [1.82, 2.24) is 0 Å². The van der Waals surface area contributed by atoms with Crippen LogP contribution in [-0.2, 0) is 4.79 Å². The van der Waals surface area contributed by atoms with E-state index in [4.69, 9.17) is 5.73 Å².